The molecule has 0 bridgehead atoms. The summed E-state index contributed by atoms with van der Waals surface area (Å²) in [6.45, 7) is 1.25. The van der Waals surface area contributed by atoms with Gasteiger partial charge >= 0.3 is 5.97 Å². The molecule has 0 aliphatic carbocycles. The lowest BCUT2D eigenvalue weighted by atomic mass is 9.99. The van der Waals surface area contributed by atoms with Crippen LogP contribution in [0, 0.1) is 0 Å². The third-order valence-electron chi connectivity index (χ3n) is 5.58. The van der Waals surface area contributed by atoms with Crippen LogP contribution in [0.2, 0.25) is 0 Å². The van der Waals surface area contributed by atoms with Crippen molar-refractivity contribution >= 4 is 38.5 Å². The van der Waals surface area contributed by atoms with Gasteiger partial charge in [0.25, 0.3) is 0 Å². The second kappa shape index (κ2) is 8.88. The summed E-state index contributed by atoms with van der Waals surface area (Å²) >= 11 is 0. The van der Waals surface area contributed by atoms with Crippen LogP contribution in [-0.4, -0.2) is 43.1 Å². The number of ether oxygens (including phenoxy) is 2. The van der Waals surface area contributed by atoms with Gasteiger partial charge in [0.05, 0.1) is 22.0 Å². The van der Waals surface area contributed by atoms with E-state index >= 15 is 0 Å². The number of pyridine rings is 1. The summed E-state index contributed by atoms with van der Waals surface area (Å²) in [4.78, 5) is 20.5. The van der Waals surface area contributed by atoms with Crippen LogP contribution in [-0.2, 0) is 0 Å². The van der Waals surface area contributed by atoms with Crippen LogP contribution in [0.15, 0.2) is 84.9 Å². The van der Waals surface area contributed by atoms with E-state index in [0.717, 1.165) is 28.2 Å². The van der Waals surface area contributed by atoms with Gasteiger partial charge in [-0.2, -0.15) is 0 Å². The van der Waals surface area contributed by atoms with Crippen molar-refractivity contribution in [3.8, 4) is 11.5 Å². The second-order valence-electron chi connectivity index (χ2n) is 8.21. The van der Waals surface area contributed by atoms with E-state index in [-0.39, 0.29) is 0 Å². The van der Waals surface area contributed by atoms with E-state index in [1.165, 1.54) is 0 Å². The molecule has 0 radical (unpaired) electrons. The Morgan fingerprint density at radius 2 is 1.58 bits per heavy atom. The van der Waals surface area contributed by atoms with Crippen LogP contribution >= 0.6 is 0 Å². The lowest BCUT2D eigenvalue weighted by Gasteiger charge is -2.16. The second-order valence-corrected chi connectivity index (χ2v) is 8.21. The Morgan fingerprint density at radius 3 is 2.33 bits per heavy atom. The third kappa shape index (κ3) is 4.23. The highest BCUT2D eigenvalue weighted by Gasteiger charge is 2.22. The Kier molecular flexibility index (Phi) is 5.63. The van der Waals surface area contributed by atoms with E-state index in [0.29, 0.717) is 34.6 Å². The molecule has 5 rings (SSSR count). The normalized spacial score (nSPS) is 11.4. The predicted molar refractivity (Wildman–Crippen MR) is 132 cm³/mol. The lowest BCUT2D eigenvalue weighted by molar-refractivity contribution is 0.0738. The molecule has 0 saturated carbocycles. The summed E-state index contributed by atoms with van der Waals surface area (Å²) in [6, 6.07) is 26.9. The average Bonchev–Trinajstić information content (AvgIpc) is 2.81. The van der Waals surface area contributed by atoms with Gasteiger partial charge in [-0.05, 0) is 61.3 Å². The molecule has 0 saturated heterocycles. The molecule has 1 aromatic heterocycles. The molecule has 0 atom stereocenters. The van der Waals surface area contributed by atoms with E-state index in [1.807, 2.05) is 86.9 Å². The predicted octanol–water partition coefficient (Wildman–Crippen LogP) is 5.70. The SMILES string of the molecule is CN(C)CCOc1cccc2nc3cc4ccccc4cc3c(C(=O)Oc3ccccc3)c12. The van der Waals surface area contributed by atoms with Gasteiger partial charge in [-0.1, -0.05) is 48.5 Å². The van der Waals surface area contributed by atoms with Crippen molar-refractivity contribution < 1.29 is 14.3 Å². The highest BCUT2D eigenvalue weighted by atomic mass is 16.5. The van der Waals surface area contributed by atoms with Gasteiger partial charge in [0.1, 0.15) is 18.1 Å². The topological polar surface area (TPSA) is 51.7 Å². The molecule has 5 heteroatoms. The molecule has 5 nitrogen and oxygen atoms in total. The van der Waals surface area contributed by atoms with Gasteiger partial charge in [-0.3, -0.25) is 0 Å². The first kappa shape index (κ1) is 20.9. The van der Waals surface area contributed by atoms with E-state index in [1.54, 1.807) is 12.1 Å². The maximum Gasteiger partial charge on any atom is 0.345 e. The van der Waals surface area contributed by atoms with Gasteiger partial charge in [-0.15, -0.1) is 0 Å². The first-order chi connectivity index (χ1) is 16.1. The summed E-state index contributed by atoms with van der Waals surface area (Å²) in [5.41, 5.74) is 1.90. The van der Waals surface area contributed by atoms with E-state index in [4.69, 9.17) is 14.5 Å². The van der Waals surface area contributed by atoms with Crippen molar-refractivity contribution in [3.63, 3.8) is 0 Å². The highest BCUT2D eigenvalue weighted by Crippen LogP contribution is 2.35. The van der Waals surface area contributed by atoms with Crippen LogP contribution in [0.1, 0.15) is 10.4 Å². The molecule has 4 aromatic carbocycles. The fourth-order valence-corrected chi connectivity index (χ4v) is 3.97. The monoisotopic (exact) mass is 436 g/mol. The molecule has 0 aliphatic heterocycles. The standard InChI is InChI=1S/C28H24N2O3/c1-30(2)15-16-32-25-14-8-13-23-27(25)26(28(31)33-21-11-4-3-5-12-21)22-17-19-9-6-7-10-20(19)18-24(22)29-23/h3-14,17-18H,15-16H2,1-2H3. The van der Waals surface area contributed by atoms with Gasteiger partial charge in [0.15, 0.2) is 0 Å². The molecule has 0 unspecified atom stereocenters. The molecule has 33 heavy (non-hydrogen) atoms. The molecule has 1 heterocycles. The van der Waals surface area contributed by atoms with Crippen molar-refractivity contribution in [3.05, 3.63) is 90.5 Å². The number of fused-ring (bicyclic) bond motifs is 3. The smallest absolute Gasteiger partial charge is 0.345 e. The number of carbonyl (C=O) groups is 1. The summed E-state index contributed by atoms with van der Waals surface area (Å²) < 4.78 is 11.9. The molecular formula is C28H24N2O3. The Labute approximate surface area is 192 Å². The maximum absolute atomic E-state index is 13.6. The fraction of sp³-hybridized carbons (Fsp3) is 0.143. The van der Waals surface area contributed by atoms with Gasteiger partial charge < -0.3 is 14.4 Å². The zero-order chi connectivity index (χ0) is 22.8. The van der Waals surface area contributed by atoms with Crippen molar-refractivity contribution in [2.75, 3.05) is 27.2 Å². The van der Waals surface area contributed by atoms with Crippen molar-refractivity contribution in [1.29, 1.82) is 0 Å². The number of para-hydroxylation sites is 1. The number of hydrogen-bond donors (Lipinski definition) is 0. The zero-order valence-electron chi connectivity index (χ0n) is 18.6. The molecule has 5 aromatic rings. The number of carbonyl (C=O) groups excluding carboxylic acids is 1. The largest absolute Gasteiger partial charge is 0.492 e. The molecule has 0 N–H and O–H groups in total. The van der Waals surface area contributed by atoms with E-state index in [9.17, 15) is 4.79 Å². The molecular weight excluding hydrogens is 412 g/mol. The highest BCUT2D eigenvalue weighted by molar-refractivity contribution is 6.18. The Bertz CT molecular complexity index is 1460. The number of aromatic nitrogens is 1. The van der Waals surface area contributed by atoms with Crippen molar-refractivity contribution in [2.45, 2.75) is 0 Å². The molecule has 0 spiro atoms. The number of rotatable bonds is 6. The molecule has 164 valence electrons. The lowest BCUT2D eigenvalue weighted by Crippen LogP contribution is -2.19. The maximum atomic E-state index is 13.6. The first-order valence-electron chi connectivity index (χ1n) is 10.9. The van der Waals surface area contributed by atoms with Crippen LogP contribution in [0.5, 0.6) is 11.5 Å². The van der Waals surface area contributed by atoms with Gasteiger partial charge in [-0.25, -0.2) is 9.78 Å². The van der Waals surface area contributed by atoms with Gasteiger partial charge in [0.2, 0.25) is 0 Å². The summed E-state index contributed by atoms with van der Waals surface area (Å²) in [6.07, 6.45) is 0. The average molecular weight is 437 g/mol. The Morgan fingerprint density at radius 1 is 0.848 bits per heavy atom. The van der Waals surface area contributed by atoms with E-state index < -0.39 is 5.97 Å². The number of likely N-dealkylation sites (N-methyl/N-ethyl adjacent to an activating group) is 1. The van der Waals surface area contributed by atoms with E-state index in [2.05, 4.69) is 4.90 Å². The minimum atomic E-state index is -0.433. The minimum Gasteiger partial charge on any atom is -0.492 e. The van der Waals surface area contributed by atoms with Crippen LogP contribution in [0.4, 0.5) is 0 Å². The quantitative estimate of drug-likeness (QED) is 0.194. The molecule has 0 amide bonds. The van der Waals surface area contributed by atoms with Crippen molar-refractivity contribution in [2.24, 2.45) is 0 Å². The molecule has 0 aliphatic rings. The van der Waals surface area contributed by atoms with Crippen LogP contribution in [0.25, 0.3) is 32.6 Å². The first-order valence-corrected chi connectivity index (χ1v) is 10.9. The number of nitrogens with zero attached hydrogens (tertiary/aromatic N) is 2. The number of hydrogen-bond acceptors (Lipinski definition) is 5. The fourth-order valence-electron chi connectivity index (χ4n) is 3.97. The summed E-state index contributed by atoms with van der Waals surface area (Å²) in [5.74, 6) is 0.682. The Balaban J connectivity index is 1.74. The van der Waals surface area contributed by atoms with Crippen LogP contribution in [0.3, 0.4) is 0 Å². The summed E-state index contributed by atoms with van der Waals surface area (Å²) in [5, 5.41) is 3.51. The summed E-state index contributed by atoms with van der Waals surface area (Å²) in [7, 11) is 3.99. The Hall–Kier alpha value is -3.96. The van der Waals surface area contributed by atoms with Crippen molar-refractivity contribution in [1.82, 2.24) is 9.88 Å². The van der Waals surface area contributed by atoms with Gasteiger partial charge in [0, 0.05) is 11.9 Å². The number of benzene rings is 4. The zero-order valence-corrected chi connectivity index (χ0v) is 18.6. The third-order valence-corrected chi connectivity index (χ3v) is 5.58. The number of esters is 1. The molecule has 0 fully saturated rings. The van der Waals surface area contributed by atoms with Crippen LogP contribution < -0.4 is 9.47 Å². The minimum absolute atomic E-state index is 0.433.